The summed E-state index contributed by atoms with van der Waals surface area (Å²) in [6, 6.07) is 22.0. The Bertz CT molecular complexity index is 356. The molecule has 2 atom stereocenters. The second kappa shape index (κ2) is 7.00. The second-order valence-electron chi connectivity index (χ2n) is 3.59. The van der Waals surface area contributed by atoms with Gasteiger partial charge in [-0.1, -0.05) is 0 Å². The zero-order valence-electron chi connectivity index (χ0n) is 9.19. The third kappa shape index (κ3) is 4.20. The van der Waals surface area contributed by atoms with E-state index in [2.05, 4.69) is 60.7 Å². The van der Waals surface area contributed by atoms with Crippen LogP contribution in [0.2, 0.25) is 10.4 Å². The van der Waals surface area contributed by atoms with Crippen LogP contribution in [0.15, 0.2) is 60.7 Å². The van der Waals surface area contributed by atoms with Crippen molar-refractivity contribution in [1.29, 1.82) is 0 Å². The van der Waals surface area contributed by atoms with Crippen LogP contribution in [0.5, 0.6) is 0 Å². The van der Waals surface area contributed by atoms with Gasteiger partial charge in [-0.05, 0) is 0 Å². The van der Waals surface area contributed by atoms with E-state index in [-0.39, 0.29) is 31.5 Å². The molecule has 2 unspecified atom stereocenters. The Morgan fingerprint density at radius 3 is 1.31 bits per heavy atom. The van der Waals surface area contributed by atoms with Crippen molar-refractivity contribution in [2.24, 2.45) is 0 Å². The van der Waals surface area contributed by atoms with E-state index >= 15 is 0 Å². The van der Waals surface area contributed by atoms with Gasteiger partial charge in [0.2, 0.25) is 0 Å². The molecule has 0 aliphatic carbocycles. The molecule has 2 rings (SSSR count). The van der Waals surface area contributed by atoms with Crippen molar-refractivity contribution in [3.8, 4) is 0 Å². The SMILES string of the molecule is c1ccc([AsH]CC[AsH]c2ccccc2)cc1. The van der Waals surface area contributed by atoms with Crippen LogP contribution >= 0.6 is 0 Å². The van der Waals surface area contributed by atoms with Gasteiger partial charge in [0.1, 0.15) is 0 Å². The van der Waals surface area contributed by atoms with E-state index in [0.717, 1.165) is 0 Å². The van der Waals surface area contributed by atoms with Crippen LogP contribution in [0, 0.1) is 0 Å². The Morgan fingerprint density at radius 2 is 0.938 bits per heavy atom. The fourth-order valence-electron chi connectivity index (χ4n) is 1.53. The molecule has 0 N–H and O–H groups in total. The first-order valence-electron chi connectivity index (χ1n) is 5.53. The quantitative estimate of drug-likeness (QED) is 0.572. The van der Waals surface area contributed by atoms with Crippen molar-refractivity contribution in [1.82, 2.24) is 0 Å². The molecule has 0 saturated heterocycles. The summed E-state index contributed by atoms with van der Waals surface area (Å²) in [6.45, 7) is 0. The first-order chi connectivity index (χ1) is 7.95. The van der Waals surface area contributed by atoms with Gasteiger partial charge >= 0.3 is 111 Å². The monoisotopic (exact) mass is 334 g/mol. The summed E-state index contributed by atoms with van der Waals surface area (Å²) in [7, 11) is 0. The summed E-state index contributed by atoms with van der Waals surface area (Å²) in [6.07, 6.45) is 0. The first-order valence-corrected chi connectivity index (χ1v) is 10.6. The van der Waals surface area contributed by atoms with Crippen molar-refractivity contribution in [2.45, 2.75) is 10.4 Å². The topological polar surface area (TPSA) is 0 Å². The molecule has 0 amide bonds. The fourth-order valence-corrected chi connectivity index (χ4v) is 7.78. The summed E-state index contributed by atoms with van der Waals surface area (Å²) in [5.74, 6) is 0. The van der Waals surface area contributed by atoms with Crippen LogP contribution in [0.3, 0.4) is 0 Å². The van der Waals surface area contributed by atoms with E-state index in [1.54, 1.807) is 8.70 Å². The minimum absolute atomic E-state index is 0.127. The third-order valence-corrected chi connectivity index (χ3v) is 9.74. The normalized spacial score (nSPS) is 11.8. The molecule has 0 bridgehead atoms. The van der Waals surface area contributed by atoms with Gasteiger partial charge in [-0.2, -0.15) is 0 Å². The number of benzene rings is 2. The van der Waals surface area contributed by atoms with E-state index in [9.17, 15) is 0 Å². The van der Waals surface area contributed by atoms with Crippen molar-refractivity contribution in [3.05, 3.63) is 60.7 Å². The molecule has 82 valence electrons. The minimum atomic E-state index is 0.127. The predicted octanol–water partition coefficient (Wildman–Crippen LogP) is 1.35. The van der Waals surface area contributed by atoms with Crippen LogP contribution in [0.4, 0.5) is 0 Å². The van der Waals surface area contributed by atoms with Crippen molar-refractivity contribution < 1.29 is 0 Å². The van der Waals surface area contributed by atoms with Crippen molar-refractivity contribution >= 4 is 40.2 Å². The van der Waals surface area contributed by atoms with E-state index < -0.39 is 0 Å². The molecule has 0 aromatic heterocycles. The van der Waals surface area contributed by atoms with E-state index in [1.807, 2.05) is 0 Å². The molecule has 2 heteroatoms. The maximum atomic E-state index is 2.28. The third-order valence-electron chi connectivity index (χ3n) is 2.33. The Morgan fingerprint density at radius 1 is 0.562 bits per heavy atom. The molecule has 0 radical (unpaired) electrons. The van der Waals surface area contributed by atoms with Gasteiger partial charge in [0, 0.05) is 0 Å². The molecular formula is C14H16As2. The van der Waals surface area contributed by atoms with Gasteiger partial charge in [-0.25, -0.2) is 0 Å². The van der Waals surface area contributed by atoms with E-state index in [4.69, 9.17) is 0 Å². The summed E-state index contributed by atoms with van der Waals surface area (Å²) < 4.78 is 3.20. The van der Waals surface area contributed by atoms with Crippen LogP contribution in [0.1, 0.15) is 0 Å². The molecule has 0 aliphatic rings. The zero-order valence-corrected chi connectivity index (χ0v) is 13.4. The van der Waals surface area contributed by atoms with Crippen molar-refractivity contribution in [3.63, 3.8) is 0 Å². The molecule has 0 heterocycles. The van der Waals surface area contributed by atoms with Crippen LogP contribution in [-0.4, -0.2) is 31.5 Å². The molecular weight excluding hydrogens is 318 g/mol. The van der Waals surface area contributed by atoms with Gasteiger partial charge < -0.3 is 0 Å². The van der Waals surface area contributed by atoms with Gasteiger partial charge in [-0.15, -0.1) is 0 Å². The Kier molecular flexibility index (Phi) is 5.26. The van der Waals surface area contributed by atoms with Gasteiger partial charge in [-0.3, -0.25) is 0 Å². The van der Waals surface area contributed by atoms with Crippen molar-refractivity contribution in [2.75, 3.05) is 0 Å². The molecule has 0 spiro atoms. The molecule has 0 saturated carbocycles. The molecule has 0 nitrogen and oxygen atoms in total. The van der Waals surface area contributed by atoms with Crippen LogP contribution in [0.25, 0.3) is 0 Å². The zero-order chi connectivity index (χ0) is 11.1. The second-order valence-corrected chi connectivity index (χ2v) is 9.59. The number of hydrogen-bond donors (Lipinski definition) is 0. The Labute approximate surface area is 111 Å². The molecule has 2 aromatic rings. The predicted molar refractivity (Wildman–Crippen MR) is 76.1 cm³/mol. The standard InChI is InChI=1S/C14H16As2/c1-3-7-13(8-4-1)15-11-12-16-14-9-5-2-6-10-14/h1-10,15-16H,11-12H2. The fraction of sp³-hybridized carbons (Fsp3) is 0.143. The average molecular weight is 334 g/mol. The van der Waals surface area contributed by atoms with Gasteiger partial charge in [0.25, 0.3) is 0 Å². The Balaban J connectivity index is 1.70. The molecule has 2 aromatic carbocycles. The van der Waals surface area contributed by atoms with Gasteiger partial charge in [0.05, 0.1) is 0 Å². The van der Waals surface area contributed by atoms with E-state index in [1.165, 1.54) is 10.4 Å². The average Bonchev–Trinajstić information content (AvgIpc) is 2.37. The van der Waals surface area contributed by atoms with Crippen LogP contribution < -0.4 is 8.70 Å². The maximum absolute atomic E-state index is 2.28. The molecule has 0 fully saturated rings. The number of hydrogen-bond acceptors (Lipinski definition) is 0. The molecule has 16 heavy (non-hydrogen) atoms. The summed E-state index contributed by atoms with van der Waals surface area (Å²) in [5, 5.41) is 2.91. The number of rotatable bonds is 5. The van der Waals surface area contributed by atoms with Gasteiger partial charge in [0.15, 0.2) is 0 Å². The summed E-state index contributed by atoms with van der Waals surface area (Å²) in [5.41, 5.74) is 0. The van der Waals surface area contributed by atoms with Crippen LogP contribution in [-0.2, 0) is 0 Å². The Hall–Kier alpha value is -0.443. The summed E-state index contributed by atoms with van der Waals surface area (Å²) >= 11 is 0.254. The summed E-state index contributed by atoms with van der Waals surface area (Å²) in [4.78, 5) is 0. The first kappa shape index (κ1) is 12.0. The van der Waals surface area contributed by atoms with E-state index in [0.29, 0.717) is 0 Å². The molecule has 0 aliphatic heterocycles.